The van der Waals surface area contributed by atoms with Gasteiger partial charge < -0.3 is 20.1 Å². The zero-order valence-corrected chi connectivity index (χ0v) is 18.3. The average Bonchev–Trinajstić information content (AvgIpc) is 3.09. The van der Waals surface area contributed by atoms with Crippen molar-refractivity contribution in [3.05, 3.63) is 53.9 Å². The number of imide groups is 1. The SMILES string of the molecule is COc1ccc(CCN2C(=O)N[C@H](CCC(=O)NCCc3ccncc3)C2=O)cc1OC. The van der Waals surface area contributed by atoms with Crippen LogP contribution >= 0.6 is 0 Å². The first kappa shape index (κ1) is 23.1. The second kappa shape index (κ2) is 11.1. The number of carbonyl (C=O) groups is 3. The highest BCUT2D eigenvalue weighted by molar-refractivity contribution is 6.04. The second-order valence-electron chi connectivity index (χ2n) is 7.43. The number of nitrogens with one attached hydrogen (secondary N) is 2. The molecule has 1 aliphatic rings. The zero-order chi connectivity index (χ0) is 22.9. The van der Waals surface area contributed by atoms with Crippen LogP contribution in [0.3, 0.4) is 0 Å². The van der Waals surface area contributed by atoms with Gasteiger partial charge in [-0.1, -0.05) is 6.07 Å². The average molecular weight is 441 g/mol. The molecule has 3 rings (SSSR count). The van der Waals surface area contributed by atoms with Crippen LogP contribution in [0.2, 0.25) is 0 Å². The molecule has 1 aromatic heterocycles. The highest BCUT2D eigenvalue weighted by atomic mass is 16.5. The molecule has 1 saturated heterocycles. The molecule has 1 aromatic carbocycles. The normalized spacial score (nSPS) is 15.4. The lowest BCUT2D eigenvalue weighted by Crippen LogP contribution is -2.34. The van der Waals surface area contributed by atoms with Gasteiger partial charge in [-0.05, 0) is 54.7 Å². The molecular formula is C23H28N4O5. The molecule has 9 heteroatoms. The molecule has 170 valence electrons. The van der Waals surface area contributed by atoms with Crippen molar-refractivity contribution in [2.24, 2.45) is 0 Å². The van der Waals surface area contributed by atoms with Crippen molar-refractivity contribution in [3.8, 4) is 11.5 Å². The van der Waals surface area contributed by atoms with Crippen LogP contribution in [0.25, 0.3) is 0 Å². The molecular weight excluding hydrogens is 412 g/mol. The van der Waals surface area contributed by atoms with Crippen LogP contribution < -0.4 is 20.1 Å². The molecule has 1 fully saturated rings. The molecule has 0 unspecified atom stereocenters. The van der Waals surface area contributed by atoms with Gasteiger partial charge in [-0.3, -0.25) is 19.5 Å². The molecule has 0 spiro atoms. The van der Waals surface area contributed by atoms with Gasteiger partial charge in [-0.15, -0.1) is 0 Å². The molecule has 2 N–H and O–H groups in total. The fourth-order valence-corrected chi connectivity index (χ4v) is 3.52. The molecule has 0 bridgehead atoms. The van der Waals surface area contributed by atoms with E-state index in [1.54, 1.807) is 32.7 Å². The smallest absolute Gasteiger partial charge is 0.324 e. The summed E-state index contributed by atoms with van der Waals surface area (Å²) in [5.41, 5.74) is 2.00. The van der Waals surface area contributed by atoms with E-state index in [0.717, 1.165) is 11.1 Å². The fourth-order valence-electron chi connectivity index (χ4n) is 3.52. The minimum absolute atomic E-state index is 0.148. The van der Waals surface area contributed by atoms with Gasteiger partial charge in [0.25, 0.3) is 5.91 Å². The summed E-state index contributed by atoms with van der Waals surface area (Å²) in [7, 11) is 3.12. The predicted octanol–water partition coefficient (Wildman–Crippen LogP) is 1.70. The Morgan fingerprint density at radius 1 is 1.06 bits per heavy atom. The predicted molar refractivity (Wildman–Crippen MR) is 117 cm³/mol. The van der Waals surface area contributed by atoms with E-state index in [-0.39, 0.29) is 31.2 Å². The quantitative estimate of drug-likeness (QED) is 0.515. The van der Waals surface area contributed by atoms with Gasteiger partial charge in [0.05, 0.1) is 14.2 Å². The number of ether oxygens (including phenoxy) is 2. The third-order valence-corrected chi connectivity index (χ3v) is 5.32. The van der Waals surface area contributed by atoms with Crippen LogP contribution in [-0.2, 0) is 22.4 Å². The van der Waals surface area contributed by atoms with E-state index in [9.17, 15) is 14.4 Å². The van der Waals surface area contributed by atoms with E-state index in [2.05, 4.69) is 15.6 Å². The lowest BCUT2D eigenvalue weighted by Gasteiger charge is -2.14. The molecule has 1 atom stereocenters. The molecule has 1 aliphatic heterocycles. The molecule has 0 radical (unpaired) electrons. The molecule has 2 aromatic rings. The number of urea groups is 1. The van der Waals surface area contributed by atoms with E-state index < -0.39 is 12.1 Å². The Hall–Kier alpha value is -3.62. The van der Waals surface area contributed by atoms with E-state index in [4.69, 9.17) is 9.47 Å². The van der Waals surface area contributed by atoms with Crippen molar-refractivity contribution >= 4 is 17.8 Å². The number of pyridine rings is 1. The van der Waals surface area contributed by atoms with Gasteiger partial charge in [-0.25, -0.2) is 4.79 Å². The number of methoxy groups -OCH3 is 2. The Bertz CT molecular complexity index is 951. The summed E-state index contributed by atoms with van der Waals surface area (Å²) in [6.45, 7) is 0.750. The molecule has 0 aliphatic carbocycles. The molecule has 0 saturated carbocycles. The number of carbonyl (C=O) groups excluding carboxylic acids is 3. The molecule has 4 amide bonds. The first-order valence-electron chi connectivity index (χ1n) is 10.5. The maximum Gasteiger partial charge on any atom is 0.324 e. The van der Waals surface area contributed by atoms with E-state index in [1.165, 1.54) is 4.90 Å². The topological polar surface area (TPSA) is 110 Å². The van der Waals surface area contributed by atoms with Crippen molar-refractivity contribution in [3.63, 3.8) is 0 Å². The Morgan fingerprint density at radius 2 is 1.81 bits per heavy atom. The highest BCUT2D eigenvalue weighted by Gasteiger charge is 2.37. The largest absolute Gasteiger partial charge is 0.493 e. The zero-order valence-electron chi connectivity index (χ0n) is 18.3. The van der Waals surface area contributed by atoms with Crippen LogP contribution in [0, 0.1) is 0 Å². The van der Waals surface area contributed by atoms with Crippen LogP contribution in [0.15, 0.2) is 42.7 Å². The van der Waals surface area contributed by atoms with Crippen molar-refractivity contribution in [2.75, 3.05) is 27.3 Å². The van der Waals surface area contributed by atoms with Crippen molar-refractivity contribution in [1.29, 1.82) is 0 Å². The van der Waals surface area contributed by atoms with E-state index in [1.807, 2.05) is 24.3 Å². The first-order chi connectivity index (χ1) is 15.5. The monoisotopic (exact) mass is 440 g/mol. The number of rotatable bonds is 11. The van der Waals surface area contributed by atoms with Crippen LogP contribution in [0.1, 0.15) is 24.0 Å². The molecule has 9 nitrogen and oxygen atoms in total. The van der Waals surface area contributed by atoms with Crippen molar-refractivity contribution < 1.29 is 23.9 Å². The van der Waals surface area contributed by atoms with Gasteiger partial charge in [-0.2, -0.15) is 0 Å². The van der Waals surface area contributed by atoms with Crippen LogP contribution in [0.5, 0.6) is 11.5 Å². The third kappa shape index (κ3) is 5.96. The highest BCUT2D eigenvalue weighted by Crippen LogP contribution is 2.28. The van der Waals surface area contributed by atoms with Gasteiger partial charge >= 0.3 is 6.03 Å². The summed E-state index contributed by atoms with van der Waals surface area (Å²) in [5.74, 6) is 0.755. The van der Waals surface area contributed by atoms with E-state index >= 15 is 0 Å². The number of amides is 4. The number of benzene rings is 1. The molecule has 2 heterocycles. The van der Waals surface area contributed by atoms with Crippen molar-refractivity contribution in [1.82, 2.24) is 20.5 Å². The van der Waals surface area contributed by atoms with E-state index in [0.29, 0.717) is 30.9 Å². The number of hydrogen-bond donors (Lipinski definition) is 2. The summed E-state index contributed by atoms with van der Waals surface area (Å²) in [4.78, 5) is 42.1. The maximum atomic E-state index is 12.6. The summed E-state index contributed by atoms with van der Waals surface area (Å²) < 4.78 is 10.5. The van der Waals surface area contributed by atoms with Crippen LogP contribution in [-0.4, -0.2) is 61.1 Å². The Kier molecular flexibility index (Phi) is 8.02. The van der Waals surface area contributed by atoms with Gasteiger partial charge in [0.1, 0.15) is 6.04 Å². The molecule has 32 heavy (non-hydrogen) atoms. The Balaban J connectivity index is 1.43. The standard InChI is InChI=1S/C23H28N4O5/c1-31-19-5-3-17(15-20(19)32-2)10-14-27-22(29)18(26-23(27)30)4-6-21(28)25-13-9-16-7-11-24-12-8-16/h3,5,7-8,11-12,15,18H,4,6,9-10,13-14H2,1-2H3,(H,25,28)(H,26,30)/t18-/m1/s1. The van der Waals surface area contributed by atoms with Gasteiger partial charge in [0, 0.05) is 31.9 Å². The first-order valence-corrected chi connectivity index (χ1v) is 10.5. The fraction of sp³-hybridized carbons (Fsp3) is 0.391. The number of hydrogen-bond acceptors (Lipinski definition) is 6. The van der Waals surface area contributed by atoms with Gasteiger partial charge in [0.2, 0.25) is 5.91 Å². The summed E-state index contributed by atoms with van der Waals surface area (Å²) in [6, 6.07) is 8.16. The van der Waals surface area contributed by atoms with Crippen LogP contribution in [0.4, 0.5) is 4.79 Å². The second-order valence-corrected chi connectivity index (χ2v) is 7.43. The number of aromatic nitrogens is 1. The minimum Gasteiger partial charge on any atom is -0.493 e. The van der Waals surface area contributed by atoms with Gasteiger partial charge in [0.15, 0.2) is 11.5 Å². The summed E-state index contributed by atoms with van der Waals surface area (Å²) >= 11 is 0. The Labute approximate surface area is 187 Å². The lowest BCUT2D eigenvalue weighted by atomic mass is 10.1. The Morgan fingerprint density at radius 3 is 2.53 bits per heavy atom. The summed E-state index contributed by atoms with van der Waals surface area (Å²) in [5, 5.41) is 5.51. The maximum absolute atomic E-state index is 12.6. The lowest BCUT2D eigenvalue weighted by molar-refractivity contribution is -0.127. The number of nitrogens with zero attached hydrogens (tertiary/aromatic N) is 2. The third-order valence-electron chi connectivity index (χ3n) is 5.32. The van der Waals surface area contributed by atoms with Crippen molar-refractivity contribution in [2.45, 2.75) is 31.7 Å². The summed E-state index contributed by atoms with van der Waals surface area (Å²) in [6.07, 6.45) is 5.04. The minimum atomic E-state index is -0.682.